The molecule has 2 saturated heterocycles. The van der Waals surface area contributed by atoms with Gasteiger partial charge >= 0.3 is 0 Å². The highest BCUT2D eigenvalue weighted by Crippen LogP contribution is 2.33. The zero-order valence-electron chi connectivity index (χ0n) is 20.9. The third kappa shape index (κ3) is 5.33. The van der Waals surface area contributed by atoms with Gasteiger partial charge in [-0.3, -0.25) is 23.8 Å². The van der Waals surface area contributed by atoms with Crippen molar-refractivity contribution in [1.29, 1.82) is 0 Å². The molecule has 2 aromatic heterocycles. The Morgan fingerprint density at radius 2 is 1.84 bits per heavy atom. The second-order valence-electron chi connectivity index (χ2n) is 9.11. The number of benzene rings is 1. The van der Waals surface area contributed by atoms with E-state index < -0.39 is 0 Å². The maximum absolute atomic E-state index is 13.7. The van der Waals surface area contributed by atoms with E-state index in [2.05, 4.69) is 34.1 Å². The van der Waals surface area contributed by atoms with E-state index in [0.717, 1.165) is 38.3 Å². The van der Waals surface area contributed by atoms with E-state index in [-0.39, 0.29) is 11.5 Å². The first kappa shape index (κ1) is 25.6. The maximum atomic E-state index is 13.7. The number of hydrogen-bond donors (Lipinski definition) is 0. The van der Waals surface area contributed by atoms with Gasteiger partial charge in [0.25, 0.3) is 11.5 Å². The van der Waals surface area contributed by atoms with Crippen molar-refractivity contribution in [1.82, 2.24) is 19.2 Å². The normalized spacial score (nSPS) is 17.9. The summed E-state index contributed by atoms with van der Waals surface area (Å²) in [7, 11) is 1.59. The number of amides is 1. The molecule has 0 aliphatic carbocycles. The number of ether oxygens (including phenoxy) is 1. The van der Waals surface area contributed by atoms with E-state index in [9.17, 15) is 9.59 Å². The number of thioether (sulfide) groups is 1. The van der Waals surface area contributed by atoms with E-state index in [1.54, 1.807) is 23.8 Å². The van der Waals surface area contributed by atoms with Crippen molar-refractivity contribution < 1.29 is 9.53 Å². The molecule has 1 amide bonds. The molecule has 4 heterocycles. The first-order chi connectivity index (χ1) is 18.0. The molecule has 37 heavy (non-hydrogen) atoms. The fraction of sp³-hybridized carbons (Fsp3) is 0.333. The van der Waals surface area contributed by atoms with Crippen LogP contribution >= 0.6 is 24.0 Å². The topological polar surface area (TPSA) is 70.4 Å². The highest BCUT2D eigenvalue weighted by atomic mass is 32.2. The predicted molar refractivity (Wildman–Crippen MR) is 152 cm³/mol. The van der Waals surface area contributed by atoms with E-state index in [1.165, 1.54) is 22.2 Å². The molecule has 1 aromatic carbocycles. The standard InChI is InChI=1S/C27H29N5O3S2/c1-19-7-6-10-31-23(19)28-24(30-13-11-29(12-14-30)18-20-8-4-3-5-9-20)21(25(31)33)17-22-26(34)32(15-16-35-2)27(36)37-22/h3-10,17H,11-16,18H2,1-2H3/b22-17-. The van der Waals surface area contributed by atoms with Gasteiger partial charge in [-0.1, -0.05) is 60.4 Å². The molecule has 0 spiro atoms. The van der Waals surface area contributed by atoms with Crippen LogP contribution in [0.2, 0.25) is 0 Å². The maximum Gasteiger partial charge on any atom is 0.267 e. The number of aromatic nitrogens is 2. The number of nitrogens with zero attached hydrogens (tertiary/aromatic N) is 5. The number of pyridine rings is 1. The van der Waals surface area contributed by atoms with Crippen LogP contribution in [0.25, 0.3) is 11.7 Å². The van der Waals surface area contributed by atoms with Crippen LogP contribution in [-0.4, -0.2) is 75.9 Å². The van der Waals surface area contributed by atoms with Crippen LogP contribution in [0.3, 0.4) is 0 Å². The Bertz CT molecular complexity index is 1410. The third-order valence-electron chi connectivity index (χ3n) is 6.65. The number of piperazine rings is 1. The van der Waals surface area contributed by atoms with Crippen LogP contribution in [0.4, 0.5) is 5.82 Å². The summed E-state index contributed by atoms with van der Waals surface area (Å²) in [5.41, 5.74) is 3.04. The van der Waals surface area contributed by atoms with Gasteiger partial charge in [-0.15, -0.1) is 0 Å². The summed E-state index contributed by atoms with van der Waals surface area (Å²) < 4.78 is 7.15. The number of hydrogen-bond acceptors (Lipinski definition) is 8. The zero-order chi connectivity index (χ0) is 25.9. The lowest BCUT2D eigenvalue weighted by Gasteiger charge is -2.36. The quantitative estimate of drug-likeness (QED) is 0.338. The average Bonchev–Trinajstić information content (AvgIpc) is 3.17. The summed E-state index contributed by atoms with van der Waals surface area (Å²) in [6, 6.07) is 14.2. The number of fused-ring (bicyclic) bond motifs is 1. The molecule has 192 valence electrons. The lowest BCUT2D eigenvalue weighted by Crippen LogP contribution is -2.47. The van der Waals surface area contributed by atoms with E-state index in [0.29, 0.717) is 39.4 Å². The molecule has 3 aromatic rings. The van der Waals surface area contributed by atoms with Gasteiger partial charge in [0.2, 0.25) is 0 Å². The highest BCUT2D eigenvalue weighted by Gasteiger charge is 2.33. The van der Waals surface area contributed by atoms with Gasteiger partial charge in [0.15, 0.2) is 0 Å². The average molecular weight is 536 g/mol. The molecule has 2 aliphatic rings. The predicted octanol–water partition coefficient (Wildman–Crippen LogP) is 3.17. The van der Waals surface area contributed by atoms with Crippen molar-refractivity contribution in [2.45, 2.75) is 13.5 Å². The number of thiocarbonyl (C=S) groups is 1. The first-order valence-electron chi connectivity index (χ1n) is 12.2. The SMILES string of the molecule is COCCN1C(=O)/C(=C/c2c(N3CCN(Cc4ccccc4)CC3)nc3c(C)cccn3c2=O)SC1=S. The fourth-order valence-electron chi connectivity index (χ4n) is 4.63. The number of aryl methyl sites for hydroxylation is 1. The Kier molecular flexibility index (Phi) is 7.71. The molecule has 10 heteroatoms. The van der Waals surface area contributed by atoms with Crippen LogP contribution in [0.15, 0.2) is 58.4 Å². The Balaban J connectivity index is 1.48. The van der Waals surface area contributed by atoms with Crippen molar-refractivity contribution in [3.8, 4) is 0 Å². The summed E-state index contributed by atoms with van der Waals surface area (Å²) in [6.07, 6.45) is 3.39. The number of methoxy groups -OCH3 is 1. The smallest absolute Gasteiger partial charge is 0.267 e. The van der Waals surface area contributed by atoms with Gasteiger partial charge in [-0.05, 0) is 30.2 Å². The Labute approximate surface area is 225 Å². The van der Waals surface area contributed by atoms with Crippen LogP contribution in [0.1, 0.15) is 16.7 Å². The van der Waals surface area contributed by atoms with Gasteiger partial charge in [0, 0.05) is 46.0 Å². The van der Waals surface area contributed by atoms with Crippen molar-refractivity contribution in [3.05, 3.63) is 80.6 Å². The second-order valence-corrected chi connectivity index (χ2v) is 10.8. The number of carbonyl (C=O) groups is 1. The molecule has 0 unspecified atom stereocenters. The van der Waals surface area contributed by atoms with E-state index in [4.69, 9.17) is 21.9 Å². The molecule has 0 atom stereocenters. The van der Waals surface area contributed by atoms with Gasteiger partial charge < -0.3 is 9.64 Å². The van der Waals surface area contributed by atoms with Gasteiger partial charge in [-0.2, -0.15) is 0 Å². The fourth-order valence-corrected chi connectivity index (χ4v) is 5.92. The van der Waals surface area contributed by atoms with Crippen molar-refractivity contribution in [2.24, 2.45) is 0 Å². The summed E-state index contributed by atoms with van der Waals surface area (Å²) in [5.74, 6) is 0.403. The molecule has 0 bridgehead atoms. The zero-order valence-corrected chi connectivity index (χ0v) is 22.6. The molecular formula is C27H29N5O3S2. The molecule has 0 saturated carbocycles. The summed E-state index contributed by atoms with van der Waals surface area (Å²) in [4.78, 5) is 38.3. The minimum atomic E-state index is -0.209. The van der Waals surface area contributed by atoms with E-state index in [1.807, 2.05) is 25.1 Å². The van der Waals surface area contributed by atoms with Crippen molar-refractivity contribution in [2.75, 3.05) is 51.3 Å². The van der Waals surface area contributed by atoms with Crippen LogP contribution in [0, 0.1) is 6.92 Å². The summed E-state index contributed by atoms with van der Waals surface area (Å²) in [5, 5.41) is 0. The molecule has 5 rings (SSSR count). The van der Waals surface area contributed by atoms with Crippen molar-refractivity contribution >= 4 is 51.7 Å². The van der Waals surface area contributed by atoms with Crippen LogP contribution in [0.5, 0.6) is 0 Å². The Morgan fingerprint density at radius 3 is 2.57 bits per heavy atom. The molecule has 2 fully saturated rings. The van der Waals surface area contributed by atoms with Gasteiger partial charge in [0.05, 0.1) is 23.6 Å². The molecule has 8 nitrogen and oxygen atoms in total. The molecule has 0 N–H and O–H groups in total. The number of rotatable bonds is 7. The highest BCUT2D eigenvalue weighted by molar-refractivity contribution is 8.26. The minimum absolute atomic E-state index is 0.197. The van der Waals surface area contributed by atoms with Gasteiger partial charge in [0.1, 0.15) is 15.8 Å². The monoisotopic (exact) mass is 535 g/mol. The molecule has 0 radical (unpaired) electrons. The summed E-state index contributed by atoms with van der Waals surface area (Å²) >= 11 is 6.64. The van der Waals surface area contributed by atoms with E-state index >= 15 is 0 Å². The minimum Gasteiger partial charge on any atom is -0.383 e. The molecular weight excluding hydrogens is 506 g/mol. The van der Waals surface area contributed by atoms with Crippen LogP contribution in [-0.2, 0) is 16.1 Å². The second kappa shape index (κ2) is 11.1. The molecule has 2 aliphatic heterocycles. The summed E-state index contributed by atoms with van der Waals surface area (Å²) in [6.45, 7) is 6.77. The Morgan fingerprint density at radius 1 is 1.08 bits per heavy atom. The van der Waals surface area contributed by atoms with Crippen molar-refractivity contribution in [3.63, 3.8) is 0 Å². The number of anilines is 1. The lowest BCUT2D eigenvalue weighted by atomic mass is 10.1. The largest absolute Gasteiger partial charge is 0.383 e. The van der Waals surface area contributed by atoms with Crippen LogP contribution < -0.4 is 10.5 Å². The van der Waals surface area contributed by atoms with Gasteiger partial charge in [-0.25, -0.2) is 4.98 Å². The third-order valence-corrected chi connectivity index (χ3v) is 8.03. The number of carbonyl (C=O) groups excluding carboxylic acids is 1. The lowest BCUT2D eigenvalue weighted by molar-refractivity contribution is -0.122. The first-order valence-corrected chi connectivity index (χ1v) is 13.5. The Hall–Kier alpha value is -3.05.